The summed E-state index contributed by atoms with van der Waals surface area (Å²) < 4.78 is 5.42. The molecule has 3 aliphatic rings. The molecule has 2 fully saturated rings. The van der Waals surface area contributed by atoms with Gasteiger partial charge in [0.15, 0.2) is 0 Å². The van der Waals surface area contributed by atoms with Crippen molar-refractivity contribution in [1.29, 1.82) is 0 Å². The van der Waals surface area contributed by atoms with Gasteiger partial charge in [-0.05, 0) is 91.4 Å². The maximum atomic E-state index is 11.4. The van der Waals surface area contributed by atoms with Gasteiger partial charge < -0.3 is 9.84 Å². The number of methoxy groups -OCH3 is 1. The zero-order valence-electron chi connectivity index (χ0n) is 15.5. The second-order valence-corrected chi connectivity index (χ2v) is 8.76. The molecule has 0 spiro atoms. The van der Waals surface area contributed by atoms with Crippen molar-refractivity contribution < 1.29 is 9.84 Å². The van der Waals surface area contributed by atoms with E-state index in [1.54, 1.807) is 12.7 Å². The summed E-state index contributed by atoms with van der Waals surface area (Å²) in [5, 5.41) is 11.4. The average molecular weight is 328 g/mol. The third-order valence-corrected chi connectivity index (χ3v) is 7.92. The van der Waals surface area contributed by atoms with E-state index in [4.69, 9.17) is 4.74 Å². The molecule has 0 bridgehead atoms. The van der Waals surface area contributed by atoms with Crippen LogP contribution in [0.4, 0.5) is 0 Å². The predicted octanol–water partition coefficient (Wildman–Crippen LogP) is 5.08. The van der Waals surface area contributed by atoms with Crippen molar-refractivity contribution in [3.8, 4) is 5.75 Å². The lowest BCUT2D eigenvalue weighted by Gasteiger charge is -2.53. The highest BCUT2D eigenvalue weighted by atomic mass is 16.5. The minimum atomic E-state index is -0.419. The Hall–Kier alpha value is -1.02. The largest absolute Gasteiger partial charge is 0.497 e. The van der Waals surface area contributed by atoms with Gasteiger partial charge in [-0.25, -0.2) is 0 Å². The molecule has 2 heteroatoms. The molecule has 0 aromatic heterocycles. The molecule has 2 saturated carbocycles. The van der Waals surface area contributed by atoms with Crippen molar-refractivity contribution in [2.24, 2.45) is 17.3 Å². The van der Waals surface area contributed by atoms with E-state index in [0.29, 0.717) is 11.8 Å². The molecule has 0 amide bonds. The first-order valence-corrected chi connectivity index (χ1v) is 9.91. The summed E-state index contributed by atoms with van der Waals surface area (Å²) in [6, 6.07) is 6.71. The summed E-state index contributed by atoms with van der Waals surface area (Å²) >= 11 is 0. The Kier molecular flexibility index (Phi) is 3.95. The molecule has 0 aliphatic heterocycles. The quantitative estimate of drug-likeness (QED) is 0.838. The third kappa shape index (κ3) is 2.18. The lowest BCUT2D eigenvalue weighted by Crippen LogP contribution is -2.50. The standard InChI is InChI=1S/C22H32O2/c1-4-11-22(23)13-10-20-19-7-5-15-14-16(24-3)6-8-17(15)18(19)9-12-21(20,22)2/h6,8,14,18-20,23H,4-5,7,9-13H2,1-3H3. The van der Waals surface area contributed by atoms with Crippen LogP contribution in [0, 0.1) is 17.3 Å². The molecule has 0 saturated heterocycles. The summed E-state index contributed by atoms with van der Waals surface area (Å²) in [6.07, 6.45) is 9.19. The van der Waals surface area contributed by atoms with Crippen molar-refractivity contribution in [1.82, 2.24) is 0 Å². The average Bonchev–Trinajstić information content (AvgIpc) is 2.86. The van der Waals surface area contributed by atoms with Gasteiger partial charge >= 0.3 is 0 Å². The first kappa shape index (κ1) is 16.4. The highest BCUT2D eigenvalue weighted by Gasteiger charge is 2.60. The molecule has 1 aromatic rings. The van der Waals surface area contributed by atoms with Crippen LogP contribution in [0.25, 0.3) is 0 Å². The molecule has 1 N–H and O–H groups in total. The van der Waals surface area contributed by atoms with Gasteiger partial charge in [0, 0.05) is 0 Å². The van der Waals surface area contributed by atoms with E-state index in [0.717, 1.165) is 30.9 Å². The Morgan fingerprint density at radius 2 is 2.04 bits per heavy atom. The summed E-state index contributed by atoms with van der Waals surface area (Å²) in [4.78, 5) is 0. The number of aryl methyl sites for hydroxylation is 1. The summed E-state index contributed by atoms with van der Waals surface area (Å²) in [5.74, 6) is 3.14. The van der Waals surface area contributed by atoms with Crippen LogP contribution in [0.3, 0.4) is 0 Å². The highest BCUT2D eigenvalue weighted by Crippen LogP contribution is 2.65. The number of benzene rings is 1. The van der Waals surface area contributed by atoms with Crippen LogP contribution >= 0.6 is 0 Å². The first-order valence-electron chi connectivity index (χ1n) is 9.91. The molecular weight excluding hydrogens is 296 g/mol. The molecule has 2 nitrogen and oxygen atoms in total. The Balaban J connectivity index is 1.65. The van der Waals surface area contributed by atoms with Gasteiger partial charge in [-0.3, -0.25) is 0 Å². The molecule has 1 aromatic carbocycles. The number of ether oxygens (including phenoxy) is 1. The van der Waals surface area contributed by atoms with Gasteiger partial charge in [0.2, 0.25) is 0 Å². The van der Waals surface area contributed by atoms with E-state index >= 15 is 0 Å². The van der Waals surface area contributed by atoms with Gasteiger partial charge in [0.1, 0.15) is 5.75 Å². The number of rotatable bonds is 3. The van der Waals surface area contributed by atoms with Gasteiger partial charge in [0.05, 0.1) is 12.7 Å². The fourth-order valence-corrected chi connectivity index (χ4v) is 6.62. The van der Waals surface area contributed by atoms with Gasteiger partial charge in [-0.2, -0.15) is 0 Å². The van der Waals surface area contributed by atoms with Crippen molar-refractivity contribution in [3.05, 3.63) is 29.3 Å². The summed E-state index contributed by atoms with van der Waals surface area (Å²) in [6.45, 7) is 4.62. The van der Waals surface area contributed by atoms with Crippen LogP contribution in [0.1, 0.15) is 75.8 Å². The lowest BCUT2D eigenvalue weighted by molar-refractivity contribution is -0.107. The minimum Gasteiger partial charge on any atom is -0.497 e. The molecule has 132 valence electrons. The molecule has 5 atom stereocenters. The zero-order chi connectivity index (χ0) is 16.9. The van der Waals surface area contributed by atoms with E-state index in [2.05, 4.69) is 32.0 Å². The van der Waals surface area contributed by atoms with Crippen molar-refractivity contribution in [2.75, 3.05) is 7.11 Å². The molecule has 4 rings (SSSR count). The number of aliphatic hydroxyl groups is 1. The highest BCUT2D eigenvalue weighted by molar-refractivity contribution is 5.40. The number of hydrogen-bond donors (Lipinski definition) is 1. The van der Waals surface area contributed by atoms with Crippen molar-refractivity contribution in [2.45, 2.75) is 76.7 Å². The van der Waals surface area contributed by atoms with Gasteiger partial charge in [-0.15, -0.1) is 0 Å². The second-order valence-electron chi connectivity index (χ2n) is 8.76. The molecule has 0 heterocycles. The van der Waals surface area contributed by atoms with Crippen molar-refractivity contribution >= 4 is 0 Å². The van der Waals surface area contributed by atoms with Crippen LogP contribution < -0.4 is 4.74 Å². The SMILES string of the molecule is CCCC1(O)CCC2C3CCc4cc(OC)ccc4C3CCC21C. The summed E-state index contributed by atoms with van der Waals surface area (Å²) in [5.41, 5.74) is 2.78. The van der Waals surface area contributed by atoms with E-state index in [-0.39, 0.29) is 5.41 Å². The normalized spacial score (nSPS) is 40.6. The van der Waals surface area contributed by atoms with Gasteiger partial charge in [-0.1, -0.05) is 26.3 Å². The predicted molar refractivity (Wildman–Crippen MR) is 97.5 cm³/mol. The van der Waals surface area contributed by atoms with Gasteiger partial charge in [0.25, 0.3) is 0 Å². The van der Waals surface area contributed by atoms with Crippen molar-refractivity contribution in [3.63, 3.8) is 0 Å². The molecular formula is C22H32O2. The number of fused-ring (bicyclic) bond motifs is 5. The smallest absolute Gasteiger partial charge is 0.119 e. The Morgan fingerprint density at radius 3 is 2.79 bits per heavy atom. The van der Waals surface area contributed by atoms with Crippen LogP contribution in [0.5, 0.6) is 5.75 Å². The Labute approximate surface area is 146 Å². The monoisotopic (exact) mass is 328 g/mol. The zero-order valence-corrected chi connectivity index (χ0v) is 15.5. The van der Waals surface area contributed by atoms with E-state index in [1.807, 2.05) is 0 Å². The lowest BCUT2D eigenvalue weighted by atomic mass is 9.53. The molecule has 24 heavy (non-hydrogen) atoms. The van der Waals surface area contributed by atoms with E-state index in [1.165, 1.54) is 37.7 Å². The Bertz CT molecular complexity index is 624. The summed E-state index contributed by atoms with van der Waals surface area (Å²) in [7, 11) is 1.76. The van der Waals surface area contributed by atoms with Crippen LogP contribution in [-0.4, -0.2) is 17.8 Å². The van der Waals surface area contributed by atoms with Crippen LogP contribution in [0.2, 0.25) is 0 Å². The van der Waals surface area contributed by atoms with E-state index in [9.17, 15) is 5.11 Å². The molecule has 0 radical (unpaired) electrons. The van der Waals surface area contributed by atoms with E-state index < -0.39 is 5.60 Å². The minimum absolute atomic E-state index is 0.133. The third-order valence-electron chi connectivity index (χ3n) is 7.92. The topological polar surface area (TPSA) is 29.5 Å². The van der Waals surface area contributed by atoms with Crippen LogP contribution in [-0.2, 0) is 6.42 Å². The second kappa shape index (κ2) is 5.76. The maximum absolute atomic E-state index is 11.4. The maximum Gasteiger partial charge on any atom is 0.119 e. The molecule has 5 unspecified atom stereocenters. The fraction of sp³-hybridized carbons (Fsp3) is 0.727. The van der Waals surface area contributed by atoms with Crippen LogP contribution in [0.15, 0.2) is 18.2 Å². The number of hydrogen-bond acceptors (Lipinski definition) is 2. The Morgan fingerprint density at radius 1 is 1.21 bits per heavy atom. The molecule has 3 aliphatic carbocycles. The first-order chi connectivity index (χ1) is 11.5. The fourth-order valence-electron chi connectivity index (χ4n) is 6.62.